The van der Waals surface area contributed by atoms with E-state index in [0.717, 1.165) is 12.1 Å². The van der Waals surface area contributed by atoms with Crippen LogP contribution in [0.25, 0.3) is 22.4 Å². The van der Waals surface area contributed by atoms with Crippen LogP contribution in [-0.2, 0) is 6.61 Å². The number of halogens is 4. The third-order valence-corrected chi connectivity index (χ3v) is 5.44. The number of fused-ring (bicyclic) bond motifs is 1. The molecule has 35 heavy (non-hydrogen) atoms. The van der Waals surface area contributed by atoms with Gasteiger partial charge in [-0.25, -0.2) is 13.2 Å². The third-order valence-electron chi connectivity index (χ3n) is 5.09. The molecule has 176 valence electrons. The van der Waals surface area contributed by atoms with Crippen LogP contribution in [0.5, 0.6) is 5.75 Å². The van der Waals surface area contributed by atoms with Crippen molar-refractivity contribution in [1.82, 2.24) is 20.6 Å². The van der Waals surface area contributed by atoms with E-state index in [2.05, 4.69) is 25.9 Å². The van der Waals surface area contributed by atoms with Gasteiger partial charge in [-0.2, -0.15) is 5.21 Å². The zero-order valence-corrected chi connectivity index (χ0v) is 18.2. The molecule has 1 amide bonds. The van der Waals surface area contributed by atoms with Crippen LogP contribution in [-0.4, -0.2) is 26.5 Å². The number of hydrogen-bond donors (Lipinski definition) is 2. The summed E-state index contributed by atoms with van der Waals surface area (Å²) in [6.45, 7) is -0.0832. The molecule has 0 spiro atoms. The van der Waals surface area contributed by atoms with E-state index in [0.29, 0.717) is 11.4 Å². The van der Waals surface area contributed by atoms with Gasteiger partial charge in [0.2, 0.25) is 5.82 Å². The van der Waals surface area contributed by atoms with Crippen molar-refractivity contribution in [3.05, 3.63) is 88.4 Å². The van der Waals surface area contributed by atoms with Gasteiger partial charge in [-0.05, 0) is 53.7 Å². The molecule has 0 aliphatic rings. The Balaban J connectivity index is 1.28. The van der Waals surface area contributed by atoms with Crippen LogP contribution in [0.4, 0.5) is 18.9 Å². The zero-order valence-electron chi connectivity index (χ0n) is 17.5. The number of carbonyl (C=O) groups is 1. The first-order valence-electron chi connectivity index (χ1n) is 10.0. The number of nitrogens with one attached hydrogen (secondary N) is 2. The van der Waals surface area contributed by atoms with Gasteiger partial charge in [0.1, 0.15) is 30.0 Å². The van der Waals surface area contributed by atoms with E-state index in [1.807, 2.05) is 0 Å². The quantitative estimate of drug-likeness (QED) is 0.298. The number of aromatic nitrogens is 4. The average molecular weight is 500 g/mol. The molecule has 0 saturated heterocycles. The number of carbonyl (C=O) groups excluding carboxylic acids is 1. The van der Waals surface area contributed by atoms with Crippen LogP contribution in [0.3, 0.4) is 0 Å². The van der Waals surface area contributed by atoms with Crippen molar-refractivity contribution in [3.8, 4) is 17.1 Å². The highest BCUT2D eigenvalue weighted by Crippen LogP contribution is 2.29. The van der Waals surface area contributed by atoms with Gasteiger partial charge in [0.05, 0.1) is 16.1 Å². The summed E-state index contributed by atoms with van der Waals surface area (Å²) in [6, 6.07) is 10.7. The minimum atomic E-state index is -1.04. The Labute approximate surface area is 199 Å². The minimum absolute atomic E-state index is 0.0426. The molecule has 0 aliphatic heterocycles. The summed E-state index contributed by atoms with van der Waals surface area (Å²) in [7, 11) is 0. The van der Waals surface area contributed by atoms with Crippen molar-refractivity contribution < 1.29 is 27.1 Å². The van der Waals surface area contributed by atoms with Crippen LogP contribution < -0.4 is 10.1 Å². The summed E-state index contributed by atoms with van der Waals surface area (Å²) < 4.78 is 52.2. The van der Waals surface area contributed by atoms with Crippen molar-refractivity contribution in [3.63, 3.8) is 0 Å². The molecule has 12 heteroatoms. The first-order chi connectivity index (χ1) is 16.9. The molecule has 0 atom stereocenters. The number of aromatic amines is 1. The molecular formula is C23H13ClF3N5O3. The summed E-state index contributed by atoms with van der Waals surface area (Å²) in [5.41, 5.74) is 1.20. The fourth-order valence-electron chi connectivity index (χ4n) is 3.34. The van der Waals surface area contributed by atoms with E-state index < -0.39 is 23.4 Å². The smallest absolute Gasteiger partial charge is 0.259 e. The Bertz CT molecular complexity index is 1540. The molecule has 0 bridgehead atoms. The molecular weight excluding hydrogens is 487 g/mol. The number of amides is 1. The second kappa shape index (κ2) is 9.11. The van der Waals surface area contributed by atoms with E-state index in [9.17, 15) is 18.0 Å². The van der Waals surface area contributed by atoms with Gasteiger partial charge < -0.3 is 14.5 Å². The number of furan rings is 1. The fourth-order valence-corrected chi connectivity index (χ4v) is 3.54. The molecule has 0 fully saturated rings. The van der Waals surface area contributed by atoms with Crippen molar-refractivity contribution in [2.75, 3.05) is 5.32 Å². The number of H-pyrrole nitrogens is 1. The Kier molecular flexibility index (Phi) is 5.83. The molecule has 8 nitrogen and oxygen atoms in total. The first kappa shape index (κ1) is 22.4. The standard InChI is InChI=1S/C23H13ClF3N5O3/c24-17-8-20(27)19(26)5-11(17)9-34-13-3-1-12(2-4-13)28-23(33)16-10-35-21-7-15(18(25)6-14(16)21)22-29-31-32-30-22/h1-8,10H,9H2,(H,28,33)(H,29,30,31,32). The Hall–Kier alpha value is -4.38. The molecule has 2 heterocycles. The number of benzene rings is 3. The van der Waals surface area contributed by atoms with Gasteiger partial charge in [-0.15, -0.1) is 10.2 Å². The predicted molar refractivity (Wildman–Crippen MR) is 119 cm³/mol. The monoisotopic (exact) mass is 499 g/mol. The number of anilines is 1. The Morgan fingerprint density at radius 3 is 2.57 bits per heavy atom. The lowest BCUT2D eigenvalue weighted by Gasteiger charge is -2.10. The third kappa shape index (κ3) is 4.53. The molecule has 2 N–H and O–H groups in total. The molecule has 0 unspecified atom stereocenters. The Morgan fingerprint density at radius 1 is 1.06 bits per heavy atom. The first-order valence-corrected chi connectivity index (χ1v) is 10.4. The van der Waals surface area contributed by atoms with Gasteiger partial charge in [0, 0.05) is 16.6 Å². The number of rotatable bonds is 6. The molecule has 0 radical (unpaired) electrons. The van der Waals surface area contributed by atoms with Crippen molar-refractivity contribution >= 4 is 34.2 Å². The van der Waals surface area contributed by atoms with Crippen LogP contribution in [0.15, 0.2) is 59.2 Å². The lowest BCUT2D eigenvalue weighted by Crippen LogP contribution is -2.11. The van der Waals surface area contributed by atoms with E-state index in [4.69, 9.17) is 20.8 Å². The average Bonchev–Trinajstić information content (AvgIpc) is 3.51. The maximum atomic E-state index is 14.6. The SMILES string of the molecule is O=C(Nc1ccc(OCc2cc(F)c(F)cc2Cl)cc1)c1coc2cc(-c3nn[nH]n3)c(F)cc12. The molecule has 5 rings (SSSR count). The van der Waals surface area contributed by atoms with Gasteiger partial charge in [-0.1, -0.05) is 11.6 Å². The van der Waals surface area contributed by atoms with Gasteiger partial charge in [-0.3, -0.25) is 4.79 Å². The second-order valence-electron chi connectivity index (χ2n) is 7.34. The van der Waals surface area contributed by atoms with Gasteiger partial charge >= 0.3 is 0 Å². The van der Waals surface area contributed by atoms with E-state index >= 15 is 0 Å². The van der Waals surface area contributed by atoms with Crippen molar-refractivity contribution in [2.24, 2.45) is 0 Å². The molecule has 5 aromatic rings. The highest BCUT2D eigenvalue weighted by Gasteiger charge is 2.19. The maximum absolute atomic E-state index is 14.6. The summed E-state index contributed by atoms with van der Waals surface area (Å²) in [6.07, 6.45) is 1.22. The Morgan fingerprint density at radius 2 is 1.83 bits per heavy atom. The van der Waals surface area contributed by atoms with Gasteiger partial charge in [0.25, 0.3) is 5.91 Å². The minimum Gasteiger partial charge on any atom is -0.489 e. The summed E-state index contributed by atoms with van der Waals surface area (Å²) in [5.74, 6) is -2.76. The molecule has 0 saturated carbocycles. The van der Waals surface area contributed by atoms with E-state index in [1.165, 1.54) is 18.4 Å². The van der Waals surface area contributed by atoms with Crippen LogP contribution in [0.1, 0.15) is 15.9 Å². The molecule has 3 aromatic carbocycles. The molecule has 2 aromatic heterocycles. The number of hydrogen-bond acceptors (Lipinski definition) is 6. The maximum Gasteiger partial charge on any atom is 0.259 e. The number of nitrogens with zero attached hydrogens (tertiary/aromatic N) is 3. The van der Waals surface area contributed by atoms with Crippen LogP contribution in [0, 0.1) is 17.5 Å². The predicted octanol–water partition coefficient (Wildman–Crippen LogP) is 5.51. The summed E-state index contributed by atoms with van der Waals surface area (Å²) >= 11 is 5.91. The normalized spacial score (nSPS) is 11.1. The van der Waals surface area contributed by atoms with Crippen molar-refractivity contribution in [2.45, 2.75) is 6.61 Å². The number of tetrazole rings is 1. The van der Waals surface area contributed by atoms with E-state index in [1.54, 1.807) is 24.3 Å². The lowest BCUT2D eigenvalue weighted by molar-refractivity contribution is 0.102. The molecule has 0 aliphatic carbocycles. The second-order valence-corrected chi connectivity index (χ2v) is 7.75. The fraction of sp³-hybridized carbons (Fsp3) is 0.0435. The number of ether oxygens (including phenoxy) is 1. The van der Waals surface area contributed by atoms with Crippen LogP contribution in [0.2, 0.25) is 5.02 Å². The highest BCUT2D eigenvalue weighted by atomic mass is 35.5. The largest absolute Gasteiger partial charge is 0.489 e. The van der Waals surface area contributed by atoms with Gasteiger partial charge in [0.15, 0.2) is 11.6 Å². The lowest BCUT2D eigenvalue weighted by atomic mass is 10.1. The summed E-state index contributed by atoms with van der Waals surface area (Å²) in [5, 5.41) is 16.1. The highest BCUT2D eigenvalue weighted by molar-refractivity contribution is 6.31. The van der Waals surface area contributed by atoms with Crippen molar-refractivity contribution in [1.29, 1.82) is 0 Å². The topological polar surface area (TPSA) is 106 Å². The summed E-state index contributed by atoms with van der Waals surface area (Å²) in [4.78, 5) is 12.8. The van der Waals surface area contributed by atoms with E-state index in [-0.39, 0.29) is 45.1 Å². The van der Waals surface area contributed by atoms with Crippen LogP contribution >= 0.6 is 11.6 Å². The zero-order chi connectivity index (χ0) is 24.5.